The lowest BCUT2D eigenvalue weighted by atomic mass is 9.77. The topological polar surface area (TPSA) is 66.5 Å². The molecule has 1 aliphatic rings. The van der Waals surface area contributed by atoms with Gasteiger partial charge < -0.3 is 15.9 Å². The standard InChI is InChI=1S/C12H16FNO2/c13-10-9(15)5-4-8(11(10)16)12(14)6-2-1-3-7-12/h4-5,15-16H,1-3,6-7,14H2. The molecule has 0 amide bonds. The summed E-state index contributed by atoms with van der Waals surface area (Å²) in [5.74, 6) is -2.03. The fourth-order valence-corrected chi connectivity index (χ4v) is 2.41. The minimum absolute atomic E-state index is 0.405. The van der Waals surface area contributed by atoms with E-state index >= 15 is 0 Å². The smallest absolute Gasteiger partial charge is 0.206 e. The van der Waals surface area contributed by atoms with E-state index in [0.29, 0.717) is 5.56 Å². The van der Waals surface area contributed by atoms with Crippen molar-refractivity contribution in [3.8, 4) is 11.5 Å². The Kier molecular flexibility index (Phi) is 2.76. The van der Waals surface area contributed by atoms with Crippen molar-refractivity contribution in [1.29, 1.82) is 0 Å². The van der Waals surface area contributed by atoms with Gasteiger partial charge in [0.15, 0.2) is 11.5 Å². The molecule has 0 atom stereocenters. The van der Waals surface area contributed by atoms with Gasteiger partial charge in [0.05, 0.1) is 0 Å². The SMILES string of the molecule is NC1(c2ccc(O)c(F)c2O)CCCCC1. The monoisotopic (exact) mass is 225 g/mol. The van der Waals surface area contributed by atoms with E-state index in [1.54, 1.807) is 0 Å². The fourth-order valence-electron chi connectivity index (χ4n) is 2.41. The average Bonchev–Trinajstić information content (AvgIpc) is 2.27. The van der Waals surface area contributed by atoms with Crippen LogP contribution in [0.15, 0.2) is 12.1 Å². The summed E-state index contributed by atoms with van der Waals surface area (Å²) < 4.78 is 13.4. The number of phenolic OH excluding ortho intramolecular Hbond substituents is 2. The normalized spacial score (nSPS) is 19.6. The molecule has 16 heavy (non-hydrogen) atoms. The number of hydrogen-bond acceptors (Lipinski definition) is 3. The second-order valence-electron chi connectivity index (χ2n) is 4.51. The molecule has 0 aromatic heterocycles. The van der Waals surface area contributed by atoms with E-state index in [4.69, 9.17) is 10.8 Å². The second kappa shape index (κ2) is 3.94. The van der Waals surface area contributed by atoms with Gasteiger partial charge >= 0.3 is 0 Å². The third-order valence-corrected chi connectivity index (χ3v) is 3.38. The van der Waals surface area contributed by atoms with Crippen molar-refractivity contribution in [2.24, 2.45) is 5.73 Å². The highest BCUT2D eigenvalue weighted by molar-refractivity contribution is 5.44. The molecular weight excluding hydrogens is 209 g/mol. The molecule has 0 heterocycles. The zero-order valence-corrected chi connectivity index (χ0v) is 9.04. The van der Waals surface area contributed by atoms with Gasteiger partial charge in [-0.2, -0.15) is 4.39 Å². The van der Waals surface area contributed by atoms with Gasteiger partial charge in [-0.15, -0.1) is 0 Å². The Morgan fingerprint density at radius 3 is 2.38 bits per heavy atom. The molecule has 1 aromatic rings. The van der Waals surface area contributed by atoms with E-state index < -0.39 is 22.9 Å². The Morgan fingerprint density at radius 2 is 1.75 bits per heavy atom. The van der Waals surface area contributed by atoms with Gasteiger partial charge in [0.2, 0.25) is 5.82 Å². The molecule has 88 valence electrons. The number of halogens is 1. The maximum atomic E-state index is 13.4. The molecule has 4 N–H and O–H groups in total. The van der Waals surface area contributed by atoms with Crippen molar-refractivity contribution < 1.29 is 14.6 Å². The van der Waals surface area contributed by atoms with Crippen LogP contribution in [0.4, 0.5) is 4.39 Å². The summed E-state index contributed by atoms with van der Waals surface area (Å²) >= 11 is 0. The zero-order valence-electron chi connectivity index (χ0n) is 9.04. The average molecular weight is 225 g/mol. The molecule has 1 saturated carbocycles. The van der Waals surface area contributed by atoms with Crippen LogP contribution in [0.25, 0.3) is 0 Å². The summed E-state index contributed by atoms with van der Waals surface area (Å²) in [4.78, 5) is 0. The lowest BCUT2D eigenvalue weighted by molar-refractivity contribution is 0.286. The van der Waals surface area contributed by atoms with Gasteiger partial charge in [0.1, 0.15) is 0 Å². The van der Waals surface area contributed by atoms with Crippen molar-refractivity contribution in [1.82, 2.24) is 0 Å². The van der Waals surface area contributed by atoms with Crippen molar-refractivity contribution in [3.05, 3.63) is 23.5 Å². The minimum Gasteiger partial charge on any atom is -0.505 e. The first-order chi connectivity index (χ1) is 7.54. The molecule has 2 rings (SSSR count). The first kappa shape index (κ1) is 11.2. The molecule has 1 aromatic carbocycles. The number of rotatable bonds is 1. The fraction of sp³-hybridized carbons (Fsp3) is 0.500. The molecule has 3 nitrogen and oxygen atoms in total. The van der Waals surface area contributed by atoms with E-state index in [9.17, 15) is 9.50 Å². The van der Waals surface area contributed by atoms with Crippen LogP contribution in [0, 0.1) is 5.82 Å². The molecule has 1 fully saturated rings. The van der Waals surface area contributed by atoms with Crippen molar-refractivity contribution >= 4 is 0 Å². The second-order valence-corrected chi connectivity index (χ2v) is 4.51. The van der Waals surface area contributed by atoms with E-state index in [-0.39, 0.29) is 0 Å². The molecule has 0 aliphatic heterocycles. The predicted octanol–water partition coefficient (Wildman–Crippen LogP) is 2.36. The molecule has 4 heteroatoms. The van der Waals surface area contributed by atoms with E-state index in [1.165, 1.54) is 12.1 Å². The number of phenols is 2. The maximum Gasteiger partial charge on any atom is 0.206 e. The molecule has 0 radical (unpaired) electrons. The Hall–Kier alpha value is -1.29. The summed E-state index contributed by atoms with van der Waals surface area (Å²) in [6, 6.07) is 2.76. The van der Waals surface area contributed by atoms with E-state index in [2.05, 4.69) is 0 Å². The highest BCUT2D eigenvalue weighted by atomic mass is 19.1. The molecule has 0 saturated heterocycles. The van der Waals surface area contributed by atoms with Gasteiger partial charge in [-0.25, -0.2) is 0 Å². The van der Waals surface area contributed by atoms with Crippen LogP contribution in [0.1, 0.15) is 37.7 Å². The Balaban J connectivity index is 2.43. The van der Waals surface area contributed by atoms with Crippen molar-refractivity contribution in [2.75, 3.05) is 0 Å². The molecule has 1 aliphatic carbocycles. The largest absolute Gasteiger partial charge is 0.505 e. The number of hydrogen-bond donors (Lipinski definition) is 3. The third-order valence-electron chi connectivity index (χ3n) is 3.38. The van der Waals surface area contributed by atoms with Gasteiger partial charge in [0, 0.05) is 11.1 Å². The lowest BCUT2D eigenvalue weighted by Crippen LogP contribution is -2.38. The summed E-state index contributed by atoms with van der Waals surface area (Å²) in [5.41, 5.74) is 5.94. The van der Waals surface area contributed by atoms with Crippen LogP contribution in [0.5, 0.6) is 11.5 Å². The Bertz CT molecular complexity index is 400. The van der Waals surface area contributed by atoms with Gasteiger partial charge in [0.25, 0.3) is 0 Å². The first-order valence-corrected chi connectivity index (χ1v) is 5.54. The molecule has 0 spiro atoms. The highest BCUT2D eigenvalue weighted by Gasteiger charge is 2.33. The van der Waals surface area contributed by atoms with Crippen LogP contribution < -0.4 is 5.73 Å². The van der Waals surface area contributed by atoms with E-state index in [1.807, 2.05) is 0 Å². The number of benzene rings is 1. The van der Waals surface area contributed by atoms with Crippen LogP contribution in [-0.4, -0.2) is 10.2 Å². The number of nitrogens with two attached hydrogens (primary N) is 1. The van der Waals surface area contributed by atoms with Crippen molar-refractivity contribution in [2.45, 2.75) is 37.6 Å². The summed E-state index contributed by atoms with van der Waals surface area (Å²) in [7, 11) is 0. The Labute approximate surface area is 93.7 Å². The summed E-state index contributed by atoms with van der Waals surface area (Å²) in [5, 5.41) is 18.8. The van der Waals surface area contributed by atoms with Gasteiger partial charge in [-0.1, -0.05) is 19.3 Å². The van der Waals surface area contributed by atoms with Crippen LogP contribution in [0.2, 0.25) is 0 Å². The van der Waals surface area contributed by atoms with Crippen LogP contribution in [-0.2, 0) is 5.54 Å². The van der Waals surface area contributed by atoms with Gasteiger partial charge in [-0.3, -0.25) is 0 Å². The van der Waals surface area contributed by atoms with Crippen molar-refractivity contribution in [3.63, 3.8) is 0 Å². The first-order valence-electron chi connectivity index (χ1n) is 5.54. The molecular formula is C12H16FNO2. The third kappa shape index (κ3) is 1.73. The van der Waals surface area contributed by atoms with Crippen LogP contribution >= 0.6 is 0 Å². The van der Waals surface area contributed by atoms with Crippen LogP contribution in [0.3, 0.4) is 0 Å². The van der Waals surface area contributed by atoms with Gasteiger partial charge in [-0.05, 0) is 25.0 Å². The van der Waals surface area contributed by atoms with E-state index in [0.717, 1.165) is 32.1 Å². The maximum absolute atomic E-state index is 13.4. The molecule has 0 bridgehead atoms. The molecule has 0 unspecified atom stereocenters. The zero-order chi connectivity index (χ0) is 11.8. The lowest BCUT2D eigenvalue weighted by Gasteiger charge is -2.34. The minimum atomic E-state index is -0.979. The quantitative estimate of drug-likeness (QED) is 0.687. The highest BCUT2D eigenvalue weighted by Crippen LogP contribution is 2.41. The number of aromatic hydroxyl groups is 2. The summed E-state index contributed by atoms with van der Waals surface area (Å²) in [6.45, 7) is 0. The predicted molar refractivity (Wildman–Crippen MR) is 58.7 cm³/mol. The Morgan fingerprint density at radius 1 is 1.12 bits per heavy atom. The summed E-state index contributed by atoms with van der Waals surface area (Å²) in [6.07, 6.45) is 4.58.